The van der Waals surface area contributed by atoms with Crippen molar-refractivity contribution in [1.29, 1.82) is 0 Å². The van der Waals surface area contributed by atoms with E-state index in [-0.39, 0.29) is 6.10 Å². The molecule has 202 valence electrons. The van der Waals surface area contributed by atoms with E-state index < -0.39 is 5.97 Å². The van der Waals surface area contributed by atoms with Gasteiger partial charge in [-0.2, -0.15) is 0 Å². The van der Waals surface area contributed by atoms with E-state index in [1.807, 2.05) is 19.2 Å². The molecule has 7 heteroatoms. The number of aliphatic hydroxyl groups excluding tert-OH is 1. The molecule has 0 spiro atoms. The fraction of sp³-hybridized carbons (Fsp3) is 0.312. The number of carboxylic acids is 1. The zero-order valence-corrected chi connectivity index (χ0v) is 23.3. The van der Waals surface area contributed by atoms with Crippen molar-refractivity contribution in [1.82, 2.24) is 4.98 Å². The number of rotatable bonds is 9. The lowest BCUT2D eigenvalue weighted by atomic mass is 9.82. The van der Waals surface area contributed by atoms with Crippen molar-refractivity contribution in [2.24, 2.45) is 0 Å². The lowest BCUT2D eigenvalue weighted by Gasteiger charge is -2.26. The number of nitrogens with zero attached hydrogens (tertiary/aromatic N) is 3. The average molecular weight is 542 g/mol. The van der Waals surface area contributed by atoms with Crippen molar-refractivity contribution in [3.63, 3.8) is 0 Å². The van der Waals surface area contributed by atoms with Crippen molar-refractivity contribution in [2.45, 2.75) is 50.8 Å². The van der Waals surface area contributed by atoms with Crippen LogP contribution >= 0.6 is 11.3 Å². The number of benzene rings is 3. The van der Waals surface area contributed by atoms with Gasteiger partial charge in [0.05, 0.1) is 17.4 Å². The maximum Gasteiger partial charge on any atom is 0.335 e. The molecule has 0 unspecified atom stereocenters. The first-order valence-electron chi connectivity index (χ1n) is 13.4. The molecule has 1 heterocycles. The summed E-state index contributed by atoms with van der Waals surface area (Å²) in [5.41, 5.74) is 7.11. The predicted molar refractivity (Wildman–Crippen MR) is 159 cm³/mol. The number of aromatic carboxylic acids is 1. The van der Waals surface area contributed by atoms with Gasteiger partial charge in [0.2, 0.25) is 0 Å². The van der Waals surface area contributed by atoms with Crippen molar-refractivity contribution in [3.8, 4) is 11.3 Å². The molecular formula is C32H35N3O3S. The second kappa shape index (κ2) is 12.0. The molecule has 1 aliphatic carbocycles. The van der Waals surface area contributed by atoms with E-state index in [0.717, 1.165) is 53.4 Å². The second-order valence-corrected chi connectivity index (χ2v) is 11.4. The number of carbonyl (C=O) groups is 1. The number of aromatic nitrogens is 1. The predicted octanol–water partition coefficient (Wildman–Crippen LogP) is 6.80. The Balaban J connectivity index is 1.18. The van der Waals surface area contributed by atoms with Gasteiger partial charge in [-0.25, -0.2) is 9.78 Å². The normalized spacial score (nSPS) is 17.1. The molecule has 2 N–H and O–H groups in total. The van der Waals surface area contributed by atoms with Crippen LogP contribution in [0.3, 0.4) is 0 Å². The standard InChI is InChI=1S/C32H35N3O3S/c1-34(19-22-6-10-24(11-7-22)27-4-3-5-29(36)18-27)28-16-14-25(15-17-28)30-21-39-32(33-30)35(2)20-23-8-12-26(13-9-23)31(37)38/h6-17,21,27,29,36H,3-5,18-20H2,1-2H3,(H,37,38)/t27-,29-/m1/s1. The molecule has 1 fully saturated rings. The fourth-order valence-electron chi connectivity index (χ4n) is 5.28. The zero-order chi connectivity index (χ0) is 27.4. The second-order valence-electron chi connectivity index (χ2n) is 10.5. The van der Waals surface area contributed by atoms with Crippen LogP contribution in [0.25, 0.3) is 11.3 Å². The van der Waals surface area contributed by atoms with Crippen LogP contribution in [0.15, 0.2) is 78.2 Å². The smallest absolute Gasteiger partial charge is 0.335 e. The highest BCUT2D eigenvalue weighted by molar-refractivity contribution is 7.14. The van der Waals surface area contributed by atoms with E-state index >= 15 is 0 Å². The van der Waals surface area contributed by atoms with Crippen molar-refractivity contribution >= 4 is 28.1 Å². The van der Waals surface area contributed by atoms with Gasteiger partial charge >= 0.3 is 5.97 Å². The Kier molecular flexibility index (Phi) is 8.29. The molecule has 39 heavy (non-hydrogen) atoms. The molecule has 3 aromatic carbocycles. The summed E-state index contributed by atoms with van der Waals surface area (Å²) in [5, 5.41) is 22.1. The maximum atomic E-state index is 11.1. The van der Waals surface area contributed by atoms with Gasteiger partial charge in [0, 0.05) is 43.8 Å². The third kappa shape index (κ3) is 6.67. The van der Waals surface area contributed by atoms with Crippen LogP contribution in [-0.4, -0.2) is 41.4 Å². The highest BCUT2D eigenvalue weighted by Gasteiger charge is 2.21. The van der Waals surface area contributed by atoms with Gasteiger partial charge in [0.25, 0.3) is 0 Å². The minimum absolute atomic E-state index is 0.153. The number of hydrogen-bond donors (Lipinski definition) is 2. The van der Waals surface area contributed by atoms with Crippen LogP contribution in [0, 0.1) is 0 Å². The quantitative estimate of drug-likeness (QED) is 0.243. The fourth-order valence-corrected chi connectivity index (χ4v) is 6.08. The SMILES string of the molecule is CN(Cc1ccc([C@@H]2CCC[C@@H](O)C2)cc1)c1ccc(-c2csc(N(C)Cc3ccc(C(=O)O)cc3)n2)cc1. The van der Waals surface area contributed by atoms with E-state index in [9.17, 15) is 9.90 Å². The molecular weight excluding hydrogens is 506 g/mol. The summed E-state index contributed by atoms with van der Waals surface area (Å²) in [6.45, 7) is 1.48. The molecule has 0 aliphatic heterocycles. The summed E-state index contributed by atoms with van der Waals surface area (Å²) in [6, 6.07) is 24.4. The van der Waals surface area contributed by atoms with Crippen molar-refractivity contribution < 1.29 is 15.0 Å². The largest absolute Gasteiger partial charge is 0.478 e. The van der Waals surface area contributed by atoms with Crippen LogP contribution < -0.4 is 9.80 Å². The highest BCUT2D eigenvalue weighted by atomic mass is 32.1. The third-order valence-corrected chi connectivity index (χ3v) is 8.52. The lowest BCUT2D eigenvalue weighted by molar-refractivity contribution is 0.0697. The summed E-state index contributed by atoms with van der Waals surface area (Å²) in [7, 11) is 4.11. The first-order valence-corrected chi connectivity index (χ1v) is 14.3. The van der Waals surface area contributed by atoms with E-state index in [2.05, 4.69) is 70.8 Å². The van der Waals surface area contributed by atoms with E-state index in [0.29, 0.717) is 18.0 Å². The molecule has 0 saturated heterocycles. The zero-order valence-electron chi connectivity index (χ0n) is 22.5. The topological polar surface area (TPSA) is 76.9 Å². The van der Waals surface area contributed by atoms with Crippen LogP contribution in [-0.2, 0) is 13.1 Å². The Bertz CT molecular complexity index is 1380. The molecule has 2 atom stereocenters. The molecule has 0 radical (unpaired) electrons. The number of anilines is 2. The van der Waals surface area contributed by atoms with Crippen LogP contribution in [0.2, 0.25) is 0 Å². The van der Waals surface area contributed by atoms with Gasteiger partial charge in [-0.1, -0.05) is 55.0 Å². The Morgan fingerprint density at radius 1 is 0.897 bits per heavy atom. The first-order chi connectivity index (χ1) is 18.9. The Morgan fingerprint density at radius 2 is 1.54 bits per heavy atom. The Morgan fingerprint density at radius 3 is 2.18 bits per heavy atom. The summed E-state index contributed by atoms with van der Waals surface area (Å²) in [5.74, 6) is -0.438. The van der Waals surface area contributed by atoms with Gasteiger partial charge in [-0.15, -0.1) is 11.3 Å². The van der Waals surface area contributed by atoms with E-state index in [1.165, 1.54) is 17.5 Å². The molecule has 0 amide bonds. The van der Waals surface area contributed by atoms with E-state index in [4.69, 9.17) is 10.1 Å². The molecule has 0 bridgehead atoms. The van der Waals surface area contributed by atoms with E-state index in [1.54, 1.807) is 23.5 Å². The first kappa shape index (κ1) is 26.9. The molecule has 1 saturated carbocycles. The minimum Gasteiger partial charge on any atom is -0.478 e. The van der Waals surface area contributed by atoms with Gasteiger partial charge in [-0.3, -0.25) is 0 Å². The van der Waals surface area contributed by atoms with Gasteiger partial charge in [0.15, 0.2) is 5.13 Å². The molecule has 1 aliphatic rings. The van der Waals surface area contributed by atoms with Crippen molar-refractivity contribution in [3.05, 3.63) is 100 Å². The van der Waals surface area contributed by atoms with Gasteiger partial charge < -0.3 is 20.0 Å². The molecule has 6 nitrogen and oxygen atoms in total. The number of aliphatic hydroxyl groups is 1. The number of thiazole rings is 1. The lowest BCUT2D eigenvalue weighted by Crippen LogP contribution is -2.18. The summed E-state index contributed by atoms with van der Waals surface area (Å²) >= 11 is 1.60. The summed E-state index contributed by atoms with van der Waals surface area (Å²) < 4.78 is 0. The van der Waals surface area contributed by atoms with Crippen molar-refractivity contribution in [2.75, 3.05) is 23.9 Å². The average Bonchev–Trinajstić information content (AvgIpc) is 3.45. The highest BCUT2D eigenvalue weighted by Crippen LogP contribution is 2.33. The van der Waals surface area contributed by atoms with Crippen LogP contribution in [0.1, 0.15) is 58.6 Å². The molecule has 4 aromatic rings. The summed E-state index contributed by atoms with van der Waals surface area (Å²) in [4.78, 5) is 20.2. The number of carboxylic acid groups (broad SMARTS) is 1. The Labute approximate surface area is 234 Å². The Hall–Kier alpha value is -3.68. The van der Waals surface area contributed by atoms with Gasteiger partial charge in [0.1, 0.15) is 0 Å². The van der Waals surface area contributed by atoms with Gasteiger partial charge in [-0.05, 0) is 66.1 Å². The van der Waals surface area contributed by atoms with Crippen LogP contribution in [0.5, 0.6) is 0 Å². The number of hydrogen-bond acceptors (Lipinski definition) is 6. The monoisotopic (exact) mass is 541 g/mol. The maximum absolute atomic E-state index is 11.1. The molecule has 1 aromatic heterocycles. The molecule has 5 rings (SSSR count). The third-order valence-electron chi connectivity index (χ3n) is 7.56. The van der Waals surface area contributed by atoms with Crippen LogP contribution in [0.4, 0.5) is 10.8 Å². The minimum atomic E-state index is -0.914. The summed E-state index contributed by atoms with van der Waals surface area (Å²) in [6.07, 6.45) is 3.94.